The van der Waals surface area contributed by atoms with Gasteiger partial charge in [-0.05, 0) is 30.2 Å². The summed E-state index contributed by atoms with van der Waals surface area (Å²) in [6.45, 7) is 0. The molecule has 3 nitrogen and oxygen atoms in total. The number of hydrogen-bond acceptors (Lipinski definition) is 3. The number of aryl methyl sites for hydroxylation is 2. The molecule has 0 saturated heterocycles. The third-order valence-corrected chi connectivity index (χ3v) is 3.50. The maximum Gasteiger partial charge on any atom is 0.337 e. The lowest BCUT2D eigenvalue weighted by Crippen LogP contribution is -1.99. The highest BCUT2D eigenvalue weighted by Gasteiger charge is 2.09. The van der Waals surface area contributed by atoms with Crippen molar-refractivity contribution in [2.24, 2.45) is 0 Å². The van der Waals surface area contributed by atoms with Crippen LogP contribution in [0, 0.1) is 0 Å². The predicted octanol–water partition coefficient (Wildman–Crippen LogP) is 4.00. The Balaban J connectivity index is 1.79. The number of ether oxygens (including phenoxy) is 1. The van der Waals surface area contributed by atoms with E-state index in [1.807, 2.05) is 30.3 Å². The largest absolute Gasteiger partial charge is 0.465 e. The second-order valence-electron chi connectivity index (χ2n) is 4.94. The second kappa shape index (κ2) is 5.83. The van der Waals surface area contributed by atoms with Crippen molar-refractivity contribution in [3.05, 3.63) is 71.5 Å². The summed E-state index contributed by atoms with van der Waals surface area (Å²) in [7, 11) is 1.37. The van der Waals surface area contributed by atoms with E-state index in [2.05, 4.69) is 12.1 Å². The molecule has 0 aliphatic carbocycles. The maximum absolute atomic E-state index is 11.5. The Morgan fingerprint density at radius 2 is 1.86 bits per heavy atom. The van der Waals surface area contributed by atoms with Crippen LogP contribution in [0.25, 0.3) is 11.0 Å². The molecule has 0 aliphatic heterocycles. The zero-order chi connectivity index (χ0) is 14.7. The third kappa shape index (κ3) is 2.97. The summed E-state index contributed by atoms with van der Waals surface area (Å²) >= 11 is 0. The van der Waals surface area contributed by atoms with Gasteiger partial charge in [-0.15, -0.1) is 0 Å². The molecule has 1 heterocycles. The first kappa shape index (κ1) is 13.4. The molecule has 3 rings (SSSR count). The lowest BCUT2D eigenvalue weighted by molar-refractivity contribution is 0.0601. The number of hydrogen-bond donors (Lipinski definition) is 0. The molecule has 0 unspecified atom stereocenters. The smallest absolute Gasteiger partial charge is 0.337 e. The van der Waals surface area contributed by atoms with Crippen LogP contribution in [-0.4, -0.2) is 13.1 Å². The van der Waals surface area contributed by atoms with E-state index in [-0.39, 0.29) is 5.97 Å². The van der Waals surface area contributed by atoms with Crippen LogP contribution < -0.4 is 0 Å². The molecule has 1 aromatic heterocycles. The Morgan fingerprint density at radius 1 is 1.05 bits per heavy atom. The van der Waals surface area contributed by atoms with Crippen LogP contribution in [0.3, 0.4) is 0 Å². The molecular weight excluding hydrogens is 264 g/mol. The first-order valence-electron chi connectivity index (χ1n) is 6.91. The summed E-state index contributed by atoms with van der Waals surface area (Å²) in [6.07, 6.45) is 1.77. The molecule has 0 saturated carbocycles. The third-order valence-electron chi connectivity index (χ3n) is 3.50. The molecule has 3 heteroatoms. The van der Waals surface area contributed by atoms with Crippen LogP contribution in [0.5, 0.6) is 0 Å². The second-order valence-corrected chi connectivity index (χ2v) is 4.94. The molecule has 0 N–H and O–H groups in total. The van der Waals surface area contributed by atoms with Crippen molar-refractivity contribution in [1.29, 1.82) is 0 Å². The Kier molecular flexibility index (Phi) is 3.73. The number of methoxy groups -OCH3 is 1. The van der Waals surface area contributed by atoms with Crippen LogP contribution in [-0.2, 0) is 17.6 Å². The molecule has 0 atom stereocenters. The average molecular weight is 280 g/mol. The number of carbonyl (C=O) groups is 1. The van der Waals surface area contributed by atoms with Crippen molar-refractivity contribution < 1.29 is 13.9 Å². The SMILES string of the molecule is COC(=O)c1ccc2cc(CCc3ccccc3)oc2c1. The maximum atomic E-state index is 11.5. The molecular formula is C18H16O3. The average Bonchev–Trinajstić information content (AvgIpc) is 2.95. The Bertz CT molecular complexity index is 756. The number of fused-ring (bicyclic) bond motifs is 1. The van der Waals surface area contributed by atoms with E-state index < -0.39 is 0 Å². The van der Waals surface area contributed by atoms with Crippen molar-refractivity contribution in [3.8, 4) is 0 Å². The molecule has 0 fully saturated rings. The quantitative estimate of drug-likeness (QED) is 0.678. The molecule has 0 bridgehead atoms. The van der Waals surface area contributed by atoms with Gasteiger partial charge >= 0.3 is 5.97 Å². The highest BCUT2D eigenvalue weighted by atomic mass is 16.5. The Hall–Kier alpha value is -2.55. The van der Waals surface area contributed by atoms with E-state index in [4.69, 9.17) is 9.15 Å². The molecule has 0 radical (unpaired) electrons. The lowest BCUT2D eigenvalue weighted by atomic mass is 10.1. The van der Waals surface area contributed by atoms with Gasteiger partial charge in [0.1, 0.15) is 11.3 Å². The lowest BCUT2D eigenvalue weighted by Gasteiger charge is -1.98. The number of rotatable bonds is 4. The molecule has 0 amide bonds. The zero-order valence-corrected chi connectivity index (χ0v) is 11.8. The van der Waals surface area contributed by atoms with E-state index >= 15 is 0 Å². The first-order valence-corrected chi connectivity index (χ1v) is 6.91. The summed E-state index contributed by atoms with van der Waals surface area (Å²) < 4.78 is 10.5. The van der Waals surface area contributed by atoms with E-state index in [9.17, 15) is 4.79 Å². The van der Waals surface area contributed by atoms with Crippen LogP contribution in [0.1, 0.15) is 21.7 Å². The standard InChI is InChI=1S/C18H16O3/c1-20-18(19)15-9-8-14-11-16(21-17(14)12-15)10-7-13-5-3-2-4-6-13/h2-6,8-9,11-12H,7,10H2,1H3. The number of esters is 1. The number of furan rings is 1. The minimum atomic E-state index is -0.348. The van der Waals surface area contributed by atoms with Gasteiger partial charge in [-0.3, -0.25) is 0 Å². The predicted molar refractivity (Wildman–Crippen MR) is 81.4 cm³/mol. The fourth-order valence-electron chi connectivity index (χ4n) is 2.37. The van der Waals surface area contributed by atoms with Gasteiger partial charge in [0, 0.05) is 11.8 Å². The number of carbonyl (C=O) groups excluding carboxylic acids is 1. The Morgan fingerprint density at radius 3 is 2.62 bits per heavy atom. The van der Waals surface area contributed by atoms with E-state index in [0.717, 1.165) is 29.6 Å². The van der Waals surface area contributed by atoms with E-state index in [1.165, 1.54) is 12.7 Å². The van der Waals surface area contributed by atoms with Crippen molar-refractivity contribution in [2.75, 3.05) is 7.11 Å². The van der Waals surface area contributed by atoms with Gasteiger partial charge < -0.3 is 9.15 Å². The zero-order valence-electron chi connectivity index (χ0n) is 11.8. The minimum Gasteiger partial charge on any atom is -0.465 e. The molecule has 3 aromatic rings. The summed E-state index contributed by atoms with van der Waals surface area (Å²) in [5.74, 6) is 0.579. The van der Waals surface area contributed by atoms with Crippen molar-refractivity contribution >= 4 is 16.9 Å². The normalized spacial score (nSPS) is 10.7. The van der Waals surface area contributed by atoms with Crippen molar-refractivity contribution in [1.82, 2.24) is 0 Å². The fraction of sp³-hybridized carbons (Fsp3) is 0.167. The highest BCUT2D eigenvalue weighted by Crippen LogP contribution is 2.22. The van der Waals surface area contributed by atoms with Crippen LogP contribution in [0.2, 0.25) is 0 Å². The van der Waals surface area contributed by atoms with Crippen molar-refractivity contribution in [3.63, 3.8) is 0 Å². The van der Waals surface area contributed by atoms with Gasteiger partial charge in [-0.2, -0.15) is 0 Å². The van der Waals surface area contributed by atoms with E-state index in [1.54, 1.807) is 12.1 Å². The Labute approximate surface area is 123 Å². The van der Waals surface area contributed by atoms with E-state index in [0.29, 0.717) is 5.56 Å². The van der Waals surface area contributed by atoms with Gasteiger partial charge in [0.15, 0.2) is 0 Å². The highest BCUT2D eigenvalue weighted by molar-refractivity contribution is 5.93. The van der Waals surface area contributed by atoms with Crippen LogP contribution >= 0.6 is 0 Å². The van der Waals surface area contributed by atoms with Gasteiger partial charge in [0.05, 0.1) is 12.7 Å². The molecule has 106 valence electrons. The fourth-order valence-corrected chi connectivity index (χ4v) is 2.37. The van der Waals surface area contributed by atoms with Crippen LogP contribution in [0.4, 0.5) is 0 Å². The molecule has 2 aromatic carbocycles. The van der Waals surface area contributed by atoms with Gasteiger partial charge in [-0.25, -0.2) is 4.79 Å². The molecule has 21 heavy (non-hydrogen) atoms. The topological polar surface area (TPSA) is 39.4 Å². The van der Waals surface area contributed by atoms with Gasteiger partial charge in [-0.1, -0.05) is 36.4 Å². The monoisotopic (exact) mass is 280 g/mol. The summed E-state index contributed by atoms with van der Waals surface area (Å²) in [5, 5.41) is 1.01. The summed E-state index contributed by atoms with van der Waals surface area (Å²) in [6, 6.07) is 17.7. The number of benzene rings is 2. The van der Waals surface area contributed by atoms with Gasteiger partial charge in [0.25, 0.3) is 0 Å². The minimum absolute atomic E-state index is 0.348. The summed E-state index contributed by atoms with van der Waals surface area (Å²) in [4.78, 5) is 11.5. The van der Waals surface area contributed by atoms with Crippen LogP contribution in [0.15, 0.2) is 59.0 Å². The summed E-state index contributed by atoms with van der Waals surface area (Å²) in [5.41, 5.74) is 2.52. The van der Waals surface area contributed by atoms with Gasteiger partial charge in [0.2, 0.25) is 0 Å². The molecule has 0 aliphatic rings. The molecule has 0 spiro atoms. The first-order chi connectivity index (χ1) is 10.3. The van der Waals surface area contributed by atoms with Crippen molar-refractivity contribution in [2.45, 2.75) is 12.8 Å².